The molecule has 0 fully saturated rings. The molecule has 0 unspecified atom stereocenters. The number of nitrogens with zero attached hydrogens (tertiary/aromatic N) is 5. The number of aromatic nitrogens is 5. The fourth-order valence-corrected chi connectivity index (χ4v) is 3.15. The molecule has 0 aromatic carbocycles. The lowest BCUT2D eigenvalue weighted by molar-refractivity contribution is 0.472. The number of pyridine rings is 1. The van der Waals surface area contributed by atoms with Crippen LogP contribution in [0.3, 0.4) is 0 Å². The predicted molar refractivity (Wildman–Crippen MR) is 99.9 cm³/mol. The summed E-state index contributed by atoms with van der Waals surface area (Å²) in [6.07, 6.45) is 5.23. The summed E-state index contributed by atoms with van der Waals surface area (Å²) in [5.41, 5.74) is 1.06. The normalized spacial score (nSPS) is 11.8. The van der Waals surface area contributed by atoms with Gasteiger partial charge >= 0.3 is 0 Å². The standard InChI is InChI=1S/C17H21N5O2S/c1-10(2)20-9-12(6-7-14(20)23)22-15-13(8-18-17(19-15)25-5)16(24)21(22)11(3)4/h6-11H,1-5H3. The van der Waals surface area contributed by atoms with Crippen molar-refractivity contribution in [3.05, 3.63) is 45.2 Å². The van der Waals surface area contributed by atoms with Gasteiger partial charge in [0, 0.05) is 30.5 Å². The van der Waals surface area contributed by atoms with Gasteiger partial charge in [-0.1, -0.05) is 11.8 Å². The summed E-state index contributed by atoms with van der Waals surface area (Å²) >= 11 is 1.42. The molecule has 3 heterocycles. The molecule has 0 saturated heterocycles. The second-order valence-corrected chi connectivity index (χ2v) is 7.15. The Morgan fingerprint density at radius 3 is 2.40 bits per heavy atom. The smallest absolute Gasteiger partial charge is 0.278 e. The van der Waals surface area contributed by atoms with E-state index in [9.17, 15) is 9.59 Å². The first kappa shape index (κ1) is 17.5. The number of thioether (sulfide) groups is 1. The van der Waals surface area contributed by atoms with Crippen LogP contribution in [0, 0.1) is 0 Å². The minimum Gasteiger partial charge on any atom is -0.311 e. The third-order valence-electron chi connectivity index (χ3n) is 4.00. The number of hydrogen-bond acceptors (Lipinski definition) is 5. The number of rotatable bonds is 4. The molecule has 0 atom stereocenters. The fraction of sp³-hybridized carbons (Fsp3) is 0.412. The van der Waals surface area contributed by atoms with E-state index in [4.69, 9.17) is 0 Å². The molecule has 25 heavy (non-hydrogen) atoms. The minimum atomic E-state index is -0.139. The van der Waals surface area contributed by atoms with Gasteiger partial charge in [-0.25, -0.2) is 19.3 Å². The van der Waals surface area contributed by atoms with Crippen LogP contribution in [0.2, 0.25) is 0 Å². The largest absolute Gasteiger partial charge is 0.311 e. The average molecular weight is 359 g/mol. The summed E-state index contributed by atoms with van der Waals surface area (Å²) in [6.45, 7) is 7.78. The van der Waals surface area contributed by atoms with E-state index in [1.54, 1.807) is 32.4 Å². The van der Waals surface area contributed by atoms with Crippen LogP contribution in [0.5, 0.6) is 0 Å². The second kappa shape index (κ2) is 6.51. The Kier molecular flexibility index (Phi) is 4.55. The molecule has 0 N–H and O–H groups in total. The molecule has 132 valence electrons. The summed E-state index contributed by atoms with van der Waals surface area (Å²) in [6, 6.07) is 3.19. The summed E-state index contributed by atoms with van der Waals surface area (Å²) in [4.78, 5) is 33.7. The van der Waals surface area contributed by atoms with Gasteiger partial charge in [0.15, 0.2) is 10.8 Å². The predicted octanol–water partition coefficient (Wildman–Crippen LogP) is 2.63. The fourth-order valence-electron chi connectivity index (χ4n) is 2.82. The Morgan fingerprint density at radius 1 is 1.08 bits per heavy atom. The molecule has 0 aliphatic rings. The van der Waals surface area contributed by atoms with Gasteiger partial charge < -0.3 is 4.57 Å². The van der Waals surface area contributed by atoms with Gasteiger partial charge in [0.2, 0.25) is 0 Å². The first-order valence-electron chi connectivity index (χ1n) is 8.12. The van der Waals surface area contributed by atoms with Gasteiger partial charge in [0.25, 0.3) is 11.1 Å². The molecule has 0 bridgehead atoms. The Morgan fingerprint density at radius 2 is 1.80 bits per heavy atom. The van der Waals surface area contributed by atoms with E-state index in [0.29, 0.717) is 16.2 Å². The topological polar surface area (TPSA) is 74.7 Å². The lowest BCUT2D eigenvalue weighted by atomic mass is 10.3. The Labute approximate surface area is 149 Å². The Hall–Kier alpha value is -2.35. The summed E-state index contributed by atoms with van der Waals surface area (Å²) in [5.74, 6) is 0. The van der Waals surface area contributed by atoms with E-state index in [-0.39, 0.29) is 23.2 Å². The third-order valence-corrected chi connectivity index (χ3v) is 4.56. The lowest BCUT2D eigenvalue weighted by Gasteiger charge is -2.17. The van der Waals surface area contributed by atoms with Crippen molar-refractivity contribution in [2.75, 3.05) is 6.26 Å². The summed E-state index contributed by atoms with van der Waals surface area (Å²) in [7, 11) is 0. The maximum Gasteiger partial charge on any atom is 0.278 e. The van der Waals surface area contributed by atoms with Crippen molar-refractivity contribution in [1.29, 1.82) is 0 Å². The van der Waals surface area contributed by atoms with Crippen molar-refractivity contribution in [2.45, 2.75) is 44.9 Å². The maximum atomic E-state index is 12.8. The molecular weight excluding hydrogens is 338 g/mol. The number of hydrogen-bond donors (Lipinski definition) is 0. The molecule has 0 aliphatic heterocycles. The number of fused-ring (bicyclic) bond motifs is 1. The SMILES string of the molecule is CSc1ncc2c(=O)n(C(C)C)n(-c3ccc(=O)n(C(C)C)c3)c2n1. The van der Waals surface area contributed by atoms with Gasteiger partial charge in [-0.05, 0) is 40.0 Å². The van der Waals surface area contributed by atoms with Crippen molar-refractivity contribution in [3.63, 3.8) is 0 Å². The van der Waals surface area contributed by atoms with Crippen LogP contribution in [0.1, 0.15) is 39.8 Å². The van der Waals surface area contributed by atoms with E-state index in [1.807, 2.05) is 34.0 Å². The van der Waals surface area contributed by atoms with Crippen LogP contribution in [-0.2, 0) is 0 Å². The highest BCUT2D eigenvalue weighted by Crippen LogP contribution is 2.20. The summed E-state index contributed by atoms with van der Waals surface area (Å²) < 4.78 is 5.07. The van der Waals surface area contributed by atoms with E-state index in [1.165, 1.54) is 17.8 Å². The molecule has 0 amide bonds. The molecule has 8 heteroatoms. The van der Waals surface area contributed by atoms with Gasteiger partial charge in [0.1, 0.15) is 5.39 Å². The van der Waals surface area contributed by atoms with Crippen LogP contribution >= 0.6 is 11.8 Å². The summed E-state index contributed by atoms with van der Waals surface area (Å²) in [5, 5.41) is 1.06. The average Bonchev–Trinajstić information content (AvgIpc) is 2.87. The van der Waals surface area contributed by atoms with Gasteiger partial charge in [0.05, 0.1) is 5.69 Å². The Bertz CT molecular complexity index is 1050. The first-order chi connectivity index (χ1) is 11.8. The zero-order valence-electron chi connectivity index (χ0n) is 14.9. The molecule has 3 aromatic heterocycles. The molecule has 0 radical (unpaired) electrons. The Balaban J connectivity index is 2.42. The minimum absolute atomic E-state index is 0.0184. The van der Waals surface area contributed by atoms with Crippen molar-refractivity contribution in [2.24, 2.45) is 0 Å². The third kappa shape index (κ3) is 2.90. The van der Waals surface area contributed by atoms with Crippen LogP contribution in [0.15, 0.2) is 39.3 Å². The monoisotopic (exact) mass is 359 g/mol. The van der Waals surface area contributed by atoms with E-state index in [0.717, 1.165) is 5.69 Å². The molecule has 0 aliphatic carbocycles. The zero-order chi connectivity index (χ0) is 18.3. The molecule has 0 saturated carbocycles. The van der Waals surface area contributed by atoms with Crippen LogP contribution in [-0.4, -0.2) is 30.2 Å². The molecule has 3 rings (SSSR count). The quantitative estimate of drug-likeness (QED) is 0.529. The second-order valence-electron chi connectivity index (χ2n) is 6.38. The molecule has 0 spiro atoms. The van der Waals surface area contributed by atoms with Gasteiger partial charge in [-0.2, -0.15) is 0 Å². The van der Waals surface area contributed by atoms with Gasteiger partial charge in [-0.3, -0.25) is 9.59 Å². The lowest BCUT2D eigenvalue weighted by Crippen LogP contribution is -2.26. The zero-order valence-corrected chi connectivity index (χ0v) is 15.7. The van der Waals surface area contributed by atoms with Crippen molar-refractivity contribution < 1.29 is 0 Å². The van der Waals surface area contributed by atoms with Crippen LogP contribution in [0.4, 0.5) is 0 Å². The molecular formula is C17H21N5O2S. The van der Waals surface area contributed by atoms with E-state index < -0.39 is 0 Å². The van der Waals surface area contributed by atoms with E-state index >= 15 is 0 Å². The maximum absolute atomic E-state index is 12.8. The molecule has 3 aromatic rings. The highest BCUT2D eigenvalue weighted by atomic mass is 32.2. The van der Waals surface area contributed by atoms with Crippen LogP contribution in [0.25, 0.3) is 16.7 Å². The highest BCUT2D eigenvalue weighted by molar-refractivity contribution is 7.98. The first-order valence-corrected chi connectivity index (χ1v) is 9.34. The highest BCUT2D eigenvalue weighted by Gasteiger charge is 2.19. The molecule has 7 nitrogen and oxygen atoms in total. The van der Waals surface area contributed by atoms with E-state index in [2.05, 4.69) is 9.97 Å². The van der Waals surface area contributed by atoms with Gasteiger partial charge in [-0.15, -0.1) is 0 Å². The van der Waals surface area contributed by atoms with Crippen molar-refractivity contribution in [3.8, 4) is 5.69 Å². The van der Waals surface area contributed by atoms with Crippen molar-refractivity contribution in [1.82, 2.24) is 23.9 Å². The van der Waals surface area contributed by atoms with Crippen LogP contribution < -0.4 is 11.1 Å². The van der Waals surface area contributed by atoms with Crippen molar-refractivity contribution >= 4 is 22.8 Å².